The molecule has 2 fully saturated rings. The summed E-state index contributed by atoms with van der Waals surface area (Å²) in [5, 5.41) is 0. The van der Waals surface area contributed by atoms with Crippen LogP contribution < -0.4 is 5.73 Å². The van der Waals surface area contributed by atoms with Crippen molar-refractivity contribution >= 4 is 23.1 Å². The first kappa shape index (κ1) is 11.8. The van der Waals surface area contributed by atoms with Gasteiger partial charge in [0, 0.05) is 32.1 Å². The fourth-order valence-electron chi connectivity index (χ4n) is 2.10. The second-order valence-corrected chi connectivity index (χ2v) is 5.19. The lowest BCUT2D eigenvalue weighted by atomic mass is 10.2. The van der Waals surface area contributed by atoms with Crippen LogP contribution in [0.15, 0.2) is 0 Å². The van der Waals surface area contributed by atoms with E-state index in [1.807, 2.05) is 11.8 Å². The molecule has 0 spiro atoms. The van der Waals surface area contributed by atoms with Gasteiger partial charge < -0.3 is 10.6 Å². The molecular weight excluding hydrogens is 222 g/mol. The molecule has 1 aliphatic carbocycles. The highest BCUT2D eigenvalue weighted by Gasteiger charge is 2.35. The normalized spacial score (nSPS) is 24.2. The molecule has 4 nitrogen and oxygen atoms in total. The van der Waals surface area contributed by atoms with Crippen molar-refractivity contribution in [3.05, 3.63) is 0 Å². The Morgan fingerprint density at radius 3 is 2.31 bits per heavy atom. The van der Waals surface area contributed by atoms with Gasteiger partial charge in [0.15, 0.2) is 0 Å². The lowest BCUT2D eigenvalue weighted by molar-refractivity contribution is -0.134. The van der Waals surface area contributed by atoms with Crippen LogP contribution in [-0.4, -0.2) is 52.9 Å². The molecule has 2 N–H and O–H groups in total. The quantitative estimate of drug-likeness (QED) is 0.718. The topological polar surface area (TPSA) is 49.6 Å². The summed E-state index contributed by atoms with van der Waals surface area (Å²) in [4.78, 5) is 16.6. The van der Waals surface area contributed by atoms with Crippen molar-refractivity contribution in [1.29, 1.82) is 0 Å². The number of thiocarbonyl (C=S) groups is 1. The minimum absolute atomic E-state index is 0.146. The third kappa shape index (κ3) is 2.52. The van der Waals surface area contributed by atoms with Crippen LogP contribution in [0.2, 0.25) is 0 Å². The summed E-state index contributed by atoms with van der Waals surface area (Å²) in [7, 11) is 0. The van der Waals surface area contributed by atoms with Gasteiger partial charge in [-0.15, -0.1) is 0 Å². The highest BCUT2D eigenvalue weighted by atomic mass is 32.1. The van der Waals surface area contributed by atoms with Crippen LogP contribution in [0.1, 0.15) is 19.8 Å². The van der Waals surface area contributed by atoms with Crippen LogP contribution in [0.4, 0.5) is 0 Å². The average molecular weight is 241 g/mol. The lowest BCUT2D eigenvalue weighted by Crippen LogP contribution is -2.54. The molecule has 2 aliphatic rings. The maximum atomic E-state index is 11.8. The largest absolute Gasteiger partial charge is 0.392 e. The van der Waals surface area contributed by atoms with Crippen LogP contribution in [0.5, 0.6) is 0 Å². The molecule has 1 amide bonds. The van der Waals surface area contributed by atoms with E-state index < -0.39 is 0 Å². The Labute approximate surface area is 102 Å². The van der Waals surface area contributed by atoms with Gasteiger partial charge in [0.05, 0.1) is 11.0 Å². The van der Waals surface area contributed by atoms with Crippen molar-refractivity contribution in [2.45, 2.75) is 25.8 Å². The number of nitrogens with two attached hydrogens (primary N) is 1. The van der Waals surface area contributed by atoms with Crippen molar-refractivity contribution < 1.29 is 4.79 Å². The van der Waals surface area contributed by atoms with Gasteiger partial charge in [0.1, 0.15) is 0 Å². The average Bonchev–Trinajstić information content (AvgIpc) is 3.11. The maximum absolute atomic E-state index is 11.8. The molecule has 5 heteroatoms. The summed E-state index contributed by atoms with van der Waals surface area (Å²) >= 11 is 4.99. The predicted molar refractivity (Wildman–Crippen MR) is 67.1 cm³/mol. The van der Waals surface area contributed by atoms with E-state index in [1.54, 1.807) is 0 Å². The van der Waals surface area contributed by atoms with Crippen molar-refractivity contribution in [2.75, 3.05) is 26.2 Å². The van der Waals surface area contributed by atoms with E-state index in [2.05, 4.69) is 4.90 Å². The summed E-state index contributed by atoms with van der Waals surface area (Å²) in [5.74, 6) is 0.683. The Morgan fingerprint density at radius 1 is 1.31 bits per heavy atom. The number of piperazine rings is 1. The molecule has 1 aliphatic heterocycles. The monoisotopic (exact) mass is 241 g/mol. The van der Waals surface area contributed by atoms with Gasteiger partial charge in [-0.1, -0.05) is 12.2 Å². The van der Waals surface area contributed by atoms with Crippen molar-refractivity contribution in [3.8, 4) is 0 Å². The van der Waals surface area contributed by atoms with Crippen LogP contribution >= 0.6 is 12.2 Å². The fourth-order valence-corrected chi connectivity index (χ4v) is 2.25. The number of hydrogen-bond acceptors (Lipinski definition) is 3. The van der Waals surface area contributed by atoms with Gasteiger partial charge in [-0.25, -0.2) is 0 Å². The molecular formula is C11H19N3OS. The molecule has 1 saturated carbocycles. The Bertz CT molecular complexity index is 296. The molecule has 1 heterocycles. The molecule has 0 bridgehead atoms. The molecule has 0 aromatic rings. The third-order valence-corrected chi connectivity index (χ3v) is 3.85. The Morgan fingerprint density at radius 2 is 1.88 bits per heavy atom. The molecule has 0 aromatic carbocycles. The lowest BCUT2D eigenvalue weighted by Gasteiger charge is -2.37. The SMILES string of the molecule is CC(C(N)=S)N1CCN(C(=O)C2CC2)CC1. The summed E-state index contributed by atoms with van der Waals surface area (Å²) in [5.41, 5.74) is 5.63. The van der Waals surface area contributed by atoms with Crippen molar-refractivity contribution in [3.63, 3.8) is 0 Å². The molecule has 2 rings (SSSR count). The second-order valence-electron chi connectivity index (χ2n) is 4.71. The highest BCUT2D eigenvalue weighted by molar-refractivity contribution is 7.80. The first-order valence-corrected chi connectivity index (χ1v) is 6.32. The van der Waals surface area contributed by atoms with E-state index in [0.717, 1.165) is 39.0 Å². The highest BCUT2D eigenvalue weighted by Crippen LogP contribution is 2.31. The number of rotatable bonds is 3. The Balaban J connectivity index is 1.81. The van der Waals surface area contributed by atoms with Gasteiger partial charge in [-0.05, 0) is 19.8 Å². The summed E-state index contributed by atoms with van der Waals surface area (Å²) in [6, 6.07) is 0.146. The van der Waals surface area contributed by atoms with E-state index in [-0.39, 0.29) is 6.04 Å². The minimum atomic E-state index is 0.146. The smallest absolute Gasteiger partial charge is 0.225 e. The van der Waals surface area contributed by atoms with Gasteiger partial charge in [0.25, 0.3) is 0 Å². The van der Waals surface area contributed by atoms with E-state index in [0.29, 0.717) is 16.8 Å². The zero-order valence-corrected chi connectivity index (χ0v) is 10.5. The minimum Gasteiger partial charge on any atom is -0.392 e. The van der Waals surface area contributed by atoms with Crippen LogP contribution in [0.3, 0.4) is 0 Å². The van der Waals surface area contributed by atoms with E-state index >= 15 is 0 Å². The van der Waals surface area contributed by atoms with E-state index in [1.165, 1.54) is 0 Å². The van der Waals surface area contributed by atoms with Crippen LogP contribution in [-0.2, 0) is 4.79 Å². The molecule has 0 aromatic heterocycles. The Hall–Kier alpha value is -0.680. The fraction of sp³-hybridized carbons (Fsp3) is 0.818. The van der Waals surface area contributed by atoms with E-state index in [9.17, 15) is 4.79 Å². The Kier molecular flexibility index (Phi) is 3.44. The zero-order chi connectivity index (χ0) is 11.7. The van der Waals surface area contributed by atoms with Crippen molar-refractivity contribution in [1.82, 2.24) is 9.80 Å². The summed E-state index contributed by atoms with van der Waals surface area (Å²) in [6.07, 6.45) is 2.17. The molecule has 16 heavy (non-hydrogen) atoms. The molecule has 0 radical (unpaired) electrons. The zero-order valence-electron chi connectivity index (χ0n) is 9.69. The first-order chi connectivity index (χ1) is 7.59. The van der Waals surface area contributed by atoms with Crippen molar-refractivity contribution in [2.24, 2.45) is 11.7 Å². The molecule has 1 unspecified atom stereocenters. The number of nitrogens with zero attached hydrogens (tertiary/aromatic N) is 2. The van der Waals surface area contributed by atoms with Crippen LogP contribution in [0.25, 0.3) is 0 Å². The maximum Gasteiger partial charge on any atom is 0.225 e. The third-order valence-electron chi connectivity index (χ3n) is 3.51. The molecule has 1 atom stereocenters. The number of hydrogen-bond donors (Lipinski definition) is 1. The predicted octanol–water partition coefficient (Wildman–Crippen LogP) is 0.215. The number of amides is 1. The van der Waals surface area contributed by atoms with E-state index in [4.69, 9.17) is 18.0 Å². The number of carbonyl (C=O) groups excluding carboxylic acids is 1. The van der Waals surface area contributed by atoms with Gasteiger partial charge >= 0.3 is 0 Å². The van der Waals surface area contributed by atoms with Gasteiger partial charge in [-0.2, -0.15) is 0 Å². The van der Waals surface area contributed by atoms with Gasteiger partial charge in [0.2, 0.25) is 5.91 Å². The van der Waals surface area contributed by atoms with Crippen LogP contribution in [0, 0.1) is 5.92 Å². The first-order valence-electron chi connectivity index (χ1n) is 5.91. The molecule has 90 valence electrons. The summed E-state index contributed by atoms with van der Waals surface area (Å²) in [6.45, 7) is 5.44. The van der Waals surface area contributed by atoms with Gasteiger partial charge in [-0.3, -0.25) is 9.69 Å². The molecule has 1 saturated heterocycles. The second kappa shape index (κ2) is 4.67. The standard InChI is InChI=1S/C11H19N3OS/c1-8(10(12)16)13-4-6-14(7-5-13)11(15)9-2-3-9/h8-9H,2-7H2,1H3,(H2,12,16). The summed E-state index contributed by atoms with van der Waals surface area (Å²) < 4.78 is 0. The number of carbonyl (C=O) groups is 1.